The Bertz CT molecular complexity index is 294. The summed E-state index contributed by atoms with van der Waals surface area (Å²) in [7, 11) is 3.87. The molecule has 0 bridgehead atoms. The molecule has 2 N–H and O–H groups in total. The standard InChI is InChI=1S/C11H21N3O3/c1-8-6-14(7-9(8)10(15)16)11(17)12-4-5-13(2)3/h8-9H,4-7H2,1-3H3,(H,12,17)(H,15,16). The van der Waals surface area contributed by atoms with Gasteiger partial charge >= 0.3 is 12.0 Å². The molecule has 1 rings (SSSR count). The maximum Gasteiger partial charge on any atom is 0.317 e. The fourth-order valence-corrected chi connectivity index (χ4v) is 1.95. The monoisotopic (exact) mass is 243 g/mol. The summed E-state index contributed by atoms with van der Waals surface area (Å²) in [6.07, 6.45) is 0. The zero-order valence-corrected chi connectivity index (χ0v) is 10.6. The van der Waals surface area contributed by atoms with Gasteiger partial charge in [-0.3, -0.25) is 4.79 Å². The van der Waals surface area contributed by atoms with E-state index in [2.05, 4.69) is 5.32 Å². The normalized spacial score (nSPS) is 24.1. The van der Waals surface area contributed by atoms with Crippen LogP contribution in [0, 0.1) is 11.8 Å². The molecule has 0 aliphatic carbocycles. The first-order chi connectivity index (χ1) is 7.91. The van der Waals surface area contributed by atoms with E-state index in [0.29, 0.717) is 19.6 Å². The summed E-state index contributed by atoms with van der Waals surface area (Å²) >= 11 is 0. The molecule has 6 nitrogen and oxygen atoms in total. The third kappa shape index (κ3) is 3.89. The fraction of sp³-hybridized carbons (Fsp3) is 0.818. The van der Waals surface area contributed by atoms with Gasteiger partial charge in [-0.15, -0.1) is 0 Å². The van der Waals surface area contributed by atoms with Crippen LogP contribution in [0.4, 0.5) is 4.79 Å². The second-order valence-corrected chi connectivity index (χ2v) is 4.86. The first kappa shape index (κ1) is 13.8. The third-order valence-electron chi connectivity index (χ3n) is 3.05. The lowest BCUT2D eigenvalue weighted by Gasteiger charge is -2.18. The van der Waals surface area contributed by atoms with E-state index >= 15 is 0 Å². The van der Waals surface area contributed by atoms with Gasteiger partial charge in [0.2, 0.25) is 0 Å². The van der Waals surface area contributed by atoms with Crippen molar-refractivity contribution in [3.63, 3.8) is 0 Å². The minimum atomic E-state index is -0.818. The molecule has 6 heteroatoms. The molecule has 0 aromatic heterocycles. The van der Waals surface area contributed by atoms with Gasteiger partial charge in [0, 0.05) is 26.2 Å². The van der Waals surface area contributed by atoms with Gasteiger partial charge in [0.05, 0.1) is 5.92 Å². The average Bonchev–Trinajstić information content (AvgIpc) is 2.59. The molecule has 0 saturated carbocycles. The number of carboxylic acids is 1. The highest BCUT2D eigenvalue weighted by atomic mass is 16.4. The predicted molar refractivity (Wildman–Crippen MR) is 63.8 cm³/mol. The number of likely N-dealkylation sites (N-methyl/N-ethyl adjacent to an activating group) is 1. The van der Waals surface area contributed by atoms with E-state index in [4.69, 9.17) is 5.11 Å². The summed E-state index contributed by atoms with van der Waals surface area (Å²) in [4.78, 5) is 26.2. The van der Waals surface area contributed by atoms with Crippen molar-refractivity contribution >= 4 is 12.0 Å². The molecule has 0 aromatic rings. The lowest BCUT2D eigenvalue weighted by Crippen LogP contribution is -2.41. The van der Waals surface area contributed by atoms with Crippen LogP contribution in [0.25, 0.3) is 0 Å². The molecule has 1 aliphatic heterocycles. The molecule has 1 heterocycles. The highest BCUT2D eigenvalue weighted by Gasteiger charge is 2.36. The molecule has 2 unspecified atom stereocenters. The molecule has 17 heavy (non-hydrogen) atoms. The highest BCUT2D eigenvalue weighted by Crippen LogP contribution is 2.22. The van der Waals surface area contributed by atoms with Crippen LogP contribution in [0.2, 0.25) is 0 Å². The van der Waals surface area contributed by atoms with Crippen molar-refractivity contribution in [1.82, 2.24) is 15.1 Å². The number of nitrogens with zero attached hydrogens (tertiary/aromatic N) is 2. The van der Waals surface area contributed by atoms with E-state index in [1.807, 2.05) is 25.9 Å². The summed E-state index contributed by atoms with van der Waals surface area (Å²) in [5.41, 5.74) is 0. The average molecular weight is 243 g/mol. The number of carbonyl (C=O) groups excluding carboxylic acids is 1. The van der Waals surface area contributed by atoms with Crippen LogP contribution in [0.5, 0.6) is 0 Å². The highest BCUT2D eigenvalue weighted by molar-refractivity contribution is 5.77. The van der Waals surface area contributed by atoms with E-state index < -0.39 is 11.9 Å². The summed E-state index contributed by atoms with van der Waals surface area (Å²) in [5.74, 6) is -1.23. The van der Waals surface area contributed by atoms with Crippen LogP contribution in [-0.2, 0) is 4.79 Å². The van der Waals surface area contributed by atoms with Crippen molar-refractivity contribution < 1.29 is 14.7 Å². The lowest BCUT2D eigenvalue weighted by molar-refractivity contribution is -0.142. The number of rotatable bonds is 4. The zero-order valence-electron chi connectivity index (χ0n) is 10.6. The van der Waals surface area contributed by atoms with Crippen molar-refractivity contribution in [3.05, 3.63) is 0 Å². The quantitative estimate of drug-likeness (QED) is 0.724. The largest absolute Gasteiger partial charge is 0.481 e. The topological polar surface area (TPSA) is 72.9 Å². The zero-order chi connectivity index (χ0) is 13.0. The molecule has 2 amide bonds. The van der Waals surface area contributed by atoms with Crippen molar-refractivity contribution in [2.75, 3.05) is 40.3 Å². The number of aliphatic carboxylic acids is 1. The number of carboxylic acid groups (broad SMARTS) is 1. The van der Waals surface area contributed by atoms with Crippen LogP contribution < -0.4 is 5.32 Å². The summed E-state index contributed by atoms with van der Waals surface area (Å²) in [5, 5.41) is 11.8. The van der Waals surface area contributed by atoms with Gasteiger partial charge in [0.25, 0.3) is 0 Å². The van der Waals surface area contributed by atoms with Crippen molar-refractivity contribution in [2.24, 2.45) is 11.8 Å². The Morgan fingerprint density at radius 2 is 2.06 bits per heavy atom. The maximum absolute atomic E-state index is 11.7. The van der Waals surface area contributed by atoms with E-state index in [1.165, 1.54) is 0 Å². The van der Waals surface area contributed by atoms with E-state index in [9.17, 15) is 9.59 Å². The van der Waals surface area contributed by atoms with Crippen LogP contribution in [0.3, 0.4) is 0 Å². The molecule has 1 aliphatic rings. The third-order valence-corrected chi connectivity index (χ3v) is 3.05. The van der Waals surface area contributed by atoms with Gasteiger partial charge in [-0.1, -0.05) is 6.92 Å². The first-order valence-corrected chi connectivity index (χ1v) is 5.82. The first-order valence-electron chi connectivity index (χ1n) is 5.82. The maximum atomic E-state index is 11.7. The van der Waals surface area contributed by atoms with Crippen LogP contribution in [-0.4, -0.2) is 67.2 Å². The van der Waals surface area contributed by atoms with Crippen LogP contribution in [0.1, 0.15) is 6.92 Å². The Balaban J connectivity index is 2.37. The SMILES string of the molecule is CC1CN(C(=O)NCCN(C)C)CC1C(=O)O. The molecular formula is C11H21N3O3. The number of hydrogen-bond donors (Lipinski definition) is 2. The molecule has 98 valence electrons. The van der Waals surface area contributed by atoms with Gasteiger partial charge in [-0.25, -0.2) is 4.79 Å². The second-order valence-electron chi connectivity index (χ2n) is 4.86. The van der Waals surface area contributed by atoms with E-state index in [0.717, 1.165) is 6.54 Å². The Morgan fingerprint density at radius 1 is 1.41 bits per heavy atom. The van der Waals surface area contributed by atoms with Gasteiger partial charge in [0.15, 0.2) is 0 Å². The summed E-state index contributed by atoms with van der Waals surface area (Å²) in [6.45, 7) is 4.05. The van der Waals surface area contributed by atoms with Crippen LogP contribution >= 0.6 is 0 Å². The van der Waals surface area contributed by atoms with Gasteiger partial charge in [0.1, 0.15) is 0 Å². The predicted octanol–water partition coefficient (Wildman–Crippen LogP) is -0.0899. The molecule has 2 atom stereocenters. The van der Waals surface area contributed by atoms with Gasteiger partial charge < -0.3 is 20.2 Å². The number of amides is 2. The Labute approximate surface area is 102 Å². The molecular weight excluding hydrogens is 222 g/mol. The second kappa shape index (κ2) is 5.86. The van der Waals surface area contributed by atoms with Crippen molar-refractivity contribution in [3.8, 4) is 0 Å². The fourth-order valence-electron chi connectivity index (χ4n) is 1.95. The number of hydrogen-bond acceptors (Lipinski definition) is 3. The number of likely N-dealkylation sites (tertiary alicyclic amines) is 1. The molecule has 1 saturated heterocycles. The Hall–Kier alpha value is -1.30. The summed E-state index contributed by atoms with van der Waals surface area (Å²) < 4.78 is 0. The lowest BCUT2D eigenvalue weighted by atomic mass is 9.99. The number of nitrogens with one attached hydrogen (secondary N) is 1. The number of urea groups is 1. The Morgan fingerprint density at radius 3 is 2.53 bits per heavy atom. The van der Waals surface area contributed by atoms with Crippen molar-refractivity contribution in [2.45, 2.75) is 6.92 Å². The molecule has 1 fully saturated rings. The molecule has 0 aromatic carbocycles. The smallest absolute Gasteiger partial charge is 0.317 e. The number of carbonyl (C=O) groups is 2. The minimum absolute atomic E-state index is 0.0205. The van der Waals surface area contributed by atoms with Gasteiger partial charge in [-0.2, -0.15) is 0 Å². The van der Waals surface area contributed by atoms with E-state index in [-0.39, 0.29) is 11.9 Å². The Kier molecular flexibility index (Phi) is 4.74. The summed E-state index contributed by atoms with van der Waals surface area (Å²) in [6, 6.07) is -0.164. The van der Waals surface area contributed by atoms with Crippen LogP contribution in [0.15, 0.2) is 0 Å². The minimum Gasteiger partial charge on any atom is -0.481 e. The molecule has 0 spiro atoms. The van der Waals surface area contributed by atoms with E-state index in [1.54, 1.807) is 4.90 Å². The molecule has 0 radical (unpaired) electrons. The van der Waals surface area contributed by atoms with Gasteiger partial charge in [-0.05, 0) is 20.0 Å². The van der Waals surface area contributed by atoms with Crippen molar-refractivity contribution in [1.29, 1.82) is 0 Å².